The summed E-state index contributed by atoms with van der Waals surface area (Å²) in [6.07, 6.45) is 0.562. The normalized spacial score (nSPS) is 9.76. The maximum atomic E-state index is 11.3. The molecule has 17 heavy (non-hydrogen) atoms. The molecule has 0 aromatic heterocycles. The lowest BCUT2D eigenvalue weighted by atomic mass is 10.2. The summed E-state index contributed by atoms with van der Waals surface area (Å²) in [5.74, 6) is 0.769. The van der Waals surface area contributed by atoms with E-state index >= 15 is 0 Å². The Labute approximate surface area is 101 Å². The average Bonchev–Trinajstić information content (AvgIpc) is 2.37. The number of aliphatic hydroxyl groups is 1. The highest BCUT2D eigenvalue weighted by atomic mass is 16.5. The molecule has 0 fully saturated rings. The van der Waals surface area contributed by atoms with E-state index in [1.54, 1.807) is 7.11 Å². The quantitative estimate of drug-likeness (QED) is 0.644. The lowest BCUT2D eigenvalue weighted by molar-refractivity contribution is 0.237. The number of urea groups is 1. The van der Waals surface area contributed by atoms with Gasteiger partial charge in [-0.2, -0.15) is 0 Å². The highest BCUT2D eigenvalue weighted by Crippen LogP contribution is 2.11. The van der Waals surface area contributed by atoms with E-state index in [9.17, 15) is 4.79 Å². The summed E-state index contributed by atoms with van der Waals surface area (Å²) in [4.78, 5) is 11.3. The number of aliphatic hydroxyl groups excluding tert-OH is 1. The van der Waals surface area contributed by atoms with Crippen LogP contribution < -0.4 is 15.4 Å². The van der Waals surface area contributed by atoms with Crippen LogP contribution in [0.15, 0.2) is 24.3 Å². The summed E-state index contributed by atoms with van der Waals surface area (Å²) in [6.45, 7) is 0.999. The molecule has 0 aliphatic carbocycles. The molecule has 2 amide bonds. The molecule has 3 N–H and O–H groups in total. The van der Waals surface area contributed by atoms with Gasteiger partial charge in [-0.1, -0.05) is 12.1 Å². The number of amides is 2. The van der Waals surface area contributed by atoms with Gasteiger partial charge in [-0.25, -0.2) is 4.79 Å². The van der Waals surface area contributed by atoms with Gasteiger partial charge < -0.3 is 20.5 Å². The van der Waals surface area contributed by atoms with Gasteiger partial charge in [0.05, 0.1) is 7.11 Å². The number of methoxy groups -OCH3 is 1. The maximum absolute atomic E-state index is 11.3. The Bertz CT molecular complexity index is 355. The minimum atomic E-state index is -0.235. The molecular weight excluding hydrogens is 220 g/mol. The molecule has 0 saturated heterocycles. The summed E-state index contributed by atoms with van der Waals surface area (Å²) in [7, 11) is 1.61. The van der Waals surface area contributed by atoms with Gasteiger partial charge in [0.15, 0.2) is 0 Å². The van der Waals surface area contributed by atoms with Gasteiger partial charge in [0.25, 0.3) is 0 Å². The van der Waals surface area contributed by atoms with Crippen LogP contribution in [0, 0.1) is 0 Å². The molecule has 0 unspecified atom stereocenters. The van der Waals surface area contributed by atoms with Crippen LogP contribution in [-0.2, 0) is 6.54 Å². The number of carbonyl (C=O) groups is 1. The second-order valence-corrected chi connectivity index (χ2v) is 3.54. The number of benzene rings is 1. The van der Waals surface area contributed by atoms with Crippen molar-refractivity contribution in [3.8, 4) is 5.75 Å². The summed E-state index contributed by atoms with van der Waals surface area (Å²) in [6, 6.07) is 7.27. The second kappa shape index (κ2) is 7.51. The standard InChI is InChI=1S/C12H18N2O3/c1-17-11-5-2-4-10(8-11)9-14-12(16)13-6-3-7-15/h2,4-5,8,15H,3,6-7,9H2,1H3,(H2,13,14,16). The van der Waals surface area contributed by atoms with Gasteiger partial charge in [-0.05, 0) is 24.1 Å². The van der Waals surface area contributed by atoms with Crippen LogP contribution >= 0.6 is 0 Å². The van der Waals surface area contributed by atoms with Crippen molar-refractivity contribution < 1.29 is 14.6 Å². The van der Waals surface area contributed by atoms with Gasteiger partial charge in [-0.15, -0.1) is 0 Å². The average molecular weight is 238 g/mol. The molecule has 1 rings (SSSR count). The number of ether oxygens (including phenoxy) is 1. The van der Waals surface area contributed by atoms with Crippen LogP contribution in [0.1, 0.15) is 12.0 Å². The predicted octanol–water partition coefficient (Wildman–Crippen LogP) is 0.877. The molecule has 1 aromatic carbocycles. The van der Waals surface area contributed by atoms with Crippen LogP contribution in [0.25, 0.3) is 0 Å². The van der Waals surface area contributed by atoms with Crippen molar-refractivity contribution in [3.05, 3.63) is 29.8 Å². The minimum absolute atomic E-state index is 0.0795. The van der Waals surface area contributed by atoms with Crippen molar-refractivity contribution in [1.29, 1.82) is 0 Å². The first kappa shape index (κ1) is 13.3. The van der Waals surface area contributed by atoms with Crippen molar-refractivity contribution >= 4 is 6.03 Å². The van der Waals surface area contributed by atoms with Gasteiger partial charge in [0, 0.05) is 19.7 Å². The van der Waals surface area contributed by atoms with Crippen molar-refractivity contribution in [1.82, 2.24) is 10.6 Å². The Hall–Kier alpha value is -1.75. The van der Waals surface area contributed by atoms with E-state index in [-0.39, 0.29) is 12.6 Å². The molecule has 0 aliphatic rings. The van der Waals surface area contributed by atoms with Gasteiger partial charge in [-0.3, -0.25) is 0 Å². The predicted molar refractivity (Wildman–Crippen MR) is 64.9 cm³/mol. The van der Waals surface area contributed by atoms with Crippen molar-refractivity contribution in [3.63, 3.8) is 0 Å². The highest BCUT2D eigenvalue weighted by molar-refractivity contribution is 5.73. The third-order valence-electron chi connectivity index (χ3n) is 2.21. The lowest BCUT2D eigenvalue weighted by Crippen LogP contribution is -2.35. The fourth-order valence-electron chi connectivity index (χ4n) is 1.31. The number of hydrogen-bond donors (Lipinski definition) is 3. The Morgan fingerprint density at radius 1 is 1.41 bits per heavy atom. The Kier molecular flexibility index (Phi) is 5.88. The third-order valence-corrected chi connectivity index (χ3v) is 2.21. The van der Waals surface area contributed by atoms with E-state index in [4.69, 9.17) is 9.84 Å². The molecule has 0 heterocycles. The number of hydrogen-bond acceptors (Lipinski definition) is 3. The molecule has 5 nitrogen and oxygen atoms in total. The first-order valence-electron chi connectivity index (χ1n) is 5.51. The molecule has 0 atom stereocenters. The van der Waals surface area contributed by atoms with Crippen LogP contribution in [0.2, 0.25) is 0 Å². The molecule has 1 aromatic rings. The first-order valence-corrected chi connectivity index (χ1v) is 5.51. The van der Waals surface area contributed by atoms with Crippen LogP contribution in [0.4, 0.5) is 4.79 Å². The van der Waals surface area contributed by atoms with Crippen molar-refractivity contribution in [2.45, 2.75) is 13.0 Å². The number of rotatable bonds is 6. The zero-order valence-corrected chi connectivity index (χ0v) is 9.90. The highest BCUT2D eigenvalue weighted by Gasteiger charge is 2.00. The first-order chi connectivity index (χ1) is 8.26. The Morgan fingerprint density at radius 2 is 2.24 bits per heavy atom. The largest absolute Gasteiger partial charge is 0.497 e. The Morgan fingerprint density at radius 3 is 2.94 bits per heavy atom. The Balaban J connectivity index is 2.31. The van der Waals surface area contributed by atoms with E-state index in [1.165, 1.54) is 0 Å². The summed E-state index contributed by atoms with van der Waals surface area (Å²) >= 11 is 0. The summed E-state index contributed by atoms with van der Waals surface area (Å²) < 4.78 is 5.08. The van der Waals surface area contributed by atoms with Gasteiger partial charge >= 0.3 is 6.03 Å². The lowest BCUT2D eigenvalue weighted by Gasteiger charge is -2.08. The third kappa shape index (κ3) is 5.21. The van der Waals surface area contributed by atoms with Crippen LogP contribution in [0.5, 0.6) is 5.75 Å². The maximum Gasteiger partial charge on any atom is 0.315 e. The SMILES string of the molecule is COc1cccc(CNC(=O)NCCCO)c1. The van der Waals surface area contributed by atoms with E-state index in [2.05, 4.69) is 10.6 Å². The van der Waals surface area contributed by atoms with Crippen molar-refractivity contribution in [2.75, 3.05) is 20.3 Å². The van der Waals surface area contributed by atoms with Gasteiger partial charge in [0.1, 0.15) is 5.75 Å². The molecule has 0 spiro atoms. The molecular formula is C12H18N2O3. The molecule has 5 heteroatoms. The molecule has 0 aliphatic heterocycles. The molecule has 94 valence electrons. The smallest absolute Gasteiger partial charge is 0.315 e. The summed E-state index contributed by atoms with van der Waals surface area (Å²) in [5.41, 5.74) is 0.974. The van der Waals surface area contributed by atoms with E-state index in [1.807, 2.05) is 24.3 Å². The zero-order chi connectivity index (χ0) is 12.5. The van der Waals surface area contributed by atoms with E-state index < -0.39 is 0 Å². The molecule has 0 bridgehead atoms. The fraction of sp³-hybridized carbons (Fsp3) is 0.417. The van der Waals surface area contributed by atoms with Crippen LogP contribution in [-0.4, -0.2) is 31.4 Å². The fourth-order valence-corrected chi connectivity index (χ4v) is 1.31. The van der Waals surface area contributed by atoms with Crippen molar-refractivity contribution in [2.24, 2.45) is 0 Å². The zero-order valence-electron chi connectivity index (χ0n) is 9.90. The monoisotopic (exact) mass is 238 g/mol. The molecule has 0 saturated carbocycles. The van der Waals surface area contributed by atoms with E-state index in [0.717, 1.165) is 11.3 Å². The van der Waals surface area contributed by atoms with Crippen LogP contribution in [0.3, 0.4) is 0 Å². The number of nitrogens with one attached hydrogen (secondary N) is 2. The topological polar surface area (TPSA) is 70.6 Å². The number of carbonyl (C=O) groups excluding carboxylic acids is 1. The summed E-state index contributed by atoms with van der Waals surface area (Å²) in [5, 5.41) is 13.9. The van der Waals surface area contributed by atoms with E-state index in [0.29, 0.717) is 19.5 Å². The molecule has 0 radical (unpaired) electrons. The van der Waals surface area contributed by atoms with Gasteiger partial charge in [0.2, 0.25) is 0 Å². The second-order valence-electron chi connectivity index (χ2n) is 3.54. The minimum Gasteiger partial charge on any atom is -0.497 e.